The van der Waals surface area contributed by atoms with Gasteiger partial charge in [0.1, 0.15) is 5.82 Å². The van der Waals surface area contributed by atoms with Crippen molar-refractivity contribution in [1.29, 1.82) is 0 Å². The smallest absolute Gasteiger partial charge is 0.242 e. The number of aryl methyl sites for hydroxylation is 2. The molecule has 1 aromatic heterocycles. The Morgan fingerprint density at radius 3 is 2.40 bits per heavy atom. The Bertz CT molecular complexity index is 1280. The number of aromatic nitrogens is 2. The first-order valence-electron chi connectivity index (χ1n) is 12.4. The molecule has 0 radical (unpaired) electrons. The molecule has 1 saturated carbocycles. The first-order valence-corrected chi connectivity index (χ1v) is 13.8. The van der Waals surface area contributed by atoms with Crippen LogP contribution in [0.2, 0.25) is 0 Å². The monoisotopic (exact) mass is 497 g/mol. The van der Waals surface area contributed by atoms with Gasteiger partial charge in [0.15, 0.2) is 0 Å². The fourth-order valence-corrected chi connectivity index (χ4v) is 5.58. The van der Waals surface area contributed by atoms with Gasteiger partial charge in [0.05, 0.1) is 15.9 Å². The molecular formula is C26H35N5O3S. The van der Waals surface area contributed by atoms with E-state index in [2.05, 4.69) is 15.6 Å². The molecule has 0 spiro atoms. The molecule has 1 aliphatic rings. The summed E-state index contributed by atoms with van der Waals surface area (Å²) >= 11 is 0. The van der Waals surface area contributed by atoms with Crippen molar-refractivity contribution in [2.24, 2.45) is 0 Å². The van der Waals surface area contributed by atoms with E-state index < -0.39 is 10.0 Å². The molecule has 3 aromatic rings. The maximum Gasteiger partial charge on any atom is 0.242 e. The zero-order valence-electron chi connectivity index (χ0n) is 20.8. The predicted octanol–water partition coefficient (Wildman–Crippen LogP) is 4.62. The number of carbonyl (C=O) groups excluding carboxylic acids is 1. The Balaban J connectivity index is 1.39. The molecule has 35 heavy (non-hydrogen) atoms. The topological polar surface area (TPSA) is 96.3 Å². The van der Waals surface area contributed by atoms with Crippen LogP contribution in [0.15, 0.2) is 47.4 Å². The molecule has 0 unspecified atom stereocenters. The maximum atomic E-state index is 12.6. The second-order valence-corrected chi connectivity index (χ2v) is 11.5. The second-order valence-electron chi connectivity index (χ2n) is 9.32. The third kappa shape index (κ3) is 5.85. The molecule has 9 heteroatoms. The molecule has 188 valence electrons. The average Bonchev–Trinajstić information content (AvgIpc) is 3.21. The third-order valence-corrected chi connectivity index (χ3v) is 8.42. The van der Waals surface area contributed by atoms with Gasteiger partial charge in [-0.2, -0.15) is 0 Å². The minimum absolute atomic E-state index is 0.0800. The van der Waals surface area contributed by atoms with Gasteiger partial charge in [0.2, 0.25) is 15.9 Å². The zero-order chi connectivity index (χ0) is 25.0. The Morgan fingerprint density at radius 1 is 1.06 bits per heavy atom. The number of nitrogens with zero attached hydrogens (tertiary/aromatic N) is 3. The lowest BCUT2D eigenvalue weighted by molar-refractivity contribution is -0.116. The van der Waals surface area contributed by atoms with Crippen molar-refractivity contribution in [1.82, 2.24) is 13.9 Å². The summed E-state index contributed by atoms with van der Waals surface area (Å²) in [6, 6.07) is 13.4. The van der Waals surface area contributed by atoms with E-state index in [4.69, 9.17) is 0 Å². The van der Waals surface area contributed by atoms with Crippen molar-refractivity contribution in [2.75, 3.05) is 24.7 Å². The van der Waals surface area contributed by atoms with Crippen LogP contribution >= 0.6 is 0 Å². The van der Waals surface area contributed by atoms with Crippen molar-refractivity contribution in [3.63, 3.8) is 0 Å². The number of nitrogens with one attached hydrogen (secondary N) is 2. The summed E-state index contributed by atoms with van der Waals surface area (Å²) in [5, 5.41) is 6.56. The van der Waals surface area contributed by atoms with Gasteiger partial charge in [-0.3, -0.25) is 4.79 Å². The summed E-state index contributed by atoms with van der Waals surface area (Å²) in [7, 11) is -0.517. The van der Waals surface area contributed by atoms with E-state index in [0.717, 1.165) is 22.7 Å². The minimum Gasteiger partial charge on any atom is -0.382 e. The van der Waals surface area contributed by atoms with E-state index in [9.17, 15) is 13.2 Å². The van der Waals surface area contributed by atoms with Crippen LogP contribution < -0.4 is 10.6 Å². The number of fused-ring (bicyclic) bond motifs is 1. The van der Waals surface area contributed by atoms with Crippen molar-refractivity contribution in [3.8, 4) is 0 Å². The van der Waals surface area contributed by atoms with Crippen molar-refractivity contribution in [3.05, 3.63) is 48.3 Å². The summed E-state index contributed by atoms with van der Waals surface area (Å²) in [4.78, 5) is 17.5. The summed E-state index contributed by atoms with van der Waals surface area (Å²) in [5.74, 6) is 0.688. The summed E-state index contributed by atoms with van der Waals surface area (Å²) in [6.45, 7) is 2.70. The largest absolute Gasteiger partial charge is 0.382 e. The maximum absolute atomic E-state index is 12.6. The molecule has 0 aliphatic heterocycles. The van der Waals surface area contributed by atoms with Gasteiger partial charge in [0.25, 0.3) is 0 Å². The second kappa shape index (κ2) is 10.8. The summed E-state index contributed by atoms with van der Waals surface area (Å²) in [6.07, 6.45) is 7.08. The van der Waals surface area contributed by atoms with Crippen LogP contribution in [0.5, 0.6) is 0 Å². The van der Waals surface area contributed by atoms with Crippen LogP contribution in [0.1, 0.15) is 51.3 Å². The van der Waals surface area contributed by atoms with E-state index in [0.29, 0.717) is 24.5 Å². The van der Waals surface area contributed by atoms with Crippen LogP contribution in [0.3, 0.4) is 0 Å². The quantitative estimate of drug-likeness (QED) is 0.450. The highest BCUT2D eigenvalue weighted by Gasteiger charge is 2.20. The van der Waals surface area contributed by atoms with Crippen LogP contribution in [0.4, 0.5) is 11.4 Å². The van der Waals surface area contributed by atoms with E-state index in [1.54, 1.807) is 18.2 Å². The van der Waals surface area contributed by atoms with E-state index in [-0.39, 0.29) is 17.2 Å². The highest BCUT2D eigenvalue weighted by atomic mass is 32.2. The Hall–Kier alpha value is -2.91. The summed E-state index contributed by atoms with van der Waals surface area (Å²) in [5.41, 5.74) is 3.34. The SMILES string of the molecule is CCn1c(CCC(=O)Nc2ccc(NC3CCCCC3)cc2)nc2cc(S(=O)(=O)N(C)C)ccc21. The standard InChI is InChI=1S/C26H35N5O3S/c1-4-31-24-15-14-22(35(33,34)30(2)3)18-23(24)29-25(31)16-17-26(32)28-21-12-10-20(11-13-21)27-19-8-6-5-7-9-19/h10-15,18-19,27H,4-9,16-17H2,1-3H3,(H,28,32). The van der Waals surface area contributed by atoms with E-state index in [1.807, 2.05) is 35.8 Å². The number of carbonyl (C=O) groups is 1. The van der Waals surface area contributed by atoms with Crippen LogP contribution in [-0.4, -0.2) is 48.3 Å². The van der Waals surface area contributed by atoms with Crippen LogP contribution in [0.25, 0.3) is 11.0 Å². The molecule has 2 N–H and O–H groups in total. The van der Waals surface area contributed by atoms with Crippen LogP contribution in [-0.2, 0) is 27.8 Å². The van der Waals surface area contributed by atoms with Gasteiger partial charge in [-0.05, 0) is 62.2 Å². The molecule has 1 heterocycles. The Kier molecular flexibility index (Phi) is 7.76. The normalized spacial score (nSPS) is 15.0. The average molecular weight is 498 g/mol. The molecule has 4 rings (SSSR count). The van der Waals surface area contributed by atoms with E-state index in [1.165, 1.54) is 50.5 Å². The lowest BCUT2D eigenvalue weighted by Gasteiger charge is -2.23. The molecule has 1 fully saturated rings. The van der Waals surface area contributed by atoms with Crippen molar-refractivity contribution >= 4 is 38.3 Å². The number of anilines is 2. The lowest BCUT2D eigenvalue weighted by atomic mass is 9.95. The molecule has 1 amide bonds. The Labute approximate surface area is 207 Å². The molecule has 0 atom stereocenters. The molecule has 0 bridgehead atoms. The van der Waals surface area contributed by atoms with Gasteiger partial charge in [-0.1, -0.05) is 19.3 Å². The highest BCUT2D eigenvalue weighted by Crippen LogP contribution is 2.24. The van der Waals surface area contributed by atoms with Crippen molar-refractivity contribution in [2.45, 2.75) is 69.4 Å². The zero-order valence-corrected chi connectivity index (χ0v) is 21.6. The third-order valence-electron chi connectivity index (χ3n) is 6.61. The van der Waals surface area contributed by atoms with Gasteiger partial charge in [0, 0.05) is 50.9 Å². The first kappa shape index (κ1) is 25.2. The Morgan fingerprint density at radius 2 is 1.74 bits per heavy atom. The number of amides is 1. The molecule has 1 aliphatic carbocycles. The van der Waals surface area contributed by atoms with Gasteiger partial charge >= 0.3 is 0 Å². The fourth-order valence-electron chi connectivity index (χ4n) is 4.66. The number of benzene rings is 2. The number of rotatable bonds is 9. The predicted molar refractivity (Wildman–Crippen MR) is 140 cm³/mol. The number of hydrogen-bond acceptors (Lipinski definition) is 5. The summed E-state index contributed by atoms with van der Waals surface area (Å²) < 4.78 is 28.2. The number of sulfonamides is 1. The number of imidazole rings is 1. The highest BCUT2D eigenvalue weighted by molar-refractivity contribution is 7.89. The number of hydrogen-bond donors (Lipinski definition) is 2. The molecule has 0 saturated heterocycles. The van der Waals surface area contributed by atoms with Crippen LogP contribution in [0, 0.1) is 0 Å². The molecule has 2 aromatic carbocycles. The van der Waals surface area contributed by atoms with Gasteiger partial charge in [-0.25, -0.2) is 17.7 Å². The minimum atomic E-state index is -3.54. The lowest BCUT2D eigenvalue weighted by Crippen LogP contribution is -2.22. The fraction of sp³-hybridized carbons (Fsp3) is 0.462. The van der Waals surface area contributed by atoms with Gasteiger partial charge < -0.3 is 15.2 Å². The van der Waals surface area contributed by atoms with Gasteiger partial charge in [-0.15, -0.1) is 0 Å². The van der Waals surface area contributed by atoms with E-state index >= 15 is 0 Å². The van der Waals surface area contributed by atoms with Crippen molar-refractivity contribution < 1.29 is 13.2 Å². The molecule has 8 nitrogen and oxygen atoms in total. The first-order chi connectivity index (χ1) is 16.8. The molecular weight excluding hydrogens is 462 g/mol.